The van der Waals surface area contributed by atoms with Gasteiger partial charge in [0, 0.05) is 22.5 Å². The Bertz CT molecular complexity index is 419. The maximum atomic E-state index is 5.68. The fraction of sp³-hybridized carbons (Fsp3) is 0.533. The van der Waals surface area contributed by atoms with Gasteiger partial charge in [-0.1, -0.05) is 37.2 Å². The van der Waals surface area contributed by atoms with Gasteiger partial charge >= 0.3 is 0 Å². The molecule has 1 aliphatic heterocycles. The Kier molecular flexibility index (Phi) is 5.14. The minimum absolute atomic E-state index is 0.358. The first-order valence-corrected chi connectivity index (χ1v) is 7.62. The van der Waals surface area contributed by atoms with E-state index in [1.54, 1.807) is 7.11 Å². The Morgan fingerprint density at radius 2 is 2.11 bits per heavy atom. The van der Waals surface area contributed by atoms with Crippen molar-refractivity contribution in [3.05, 3.63) is 30.3 Å². The lowest BCUT2D eigenvalue weighted by Gasteiger charge is -2.19. The SMILES string of the molecule is CO/N=C1\OC[C@@H](CSc2ccccc2)[C@@H]1C(C)C. The van der Waals surface area contributed by atoms with Gasteiger partial charge in [0.15, 0.2) is 0 Å². The number of hydrogen-bond donors (Lipinski definition) is 0. The average molecular weight is 279 g/mol. The van der Waals surface area contributed by atoms with Crippen LogP contribution in [-0.2, 0) is 9.57 Å². The number of hydrogen-bond acceptors (Lipinski definition) is 4. The Hall–Kier alpha value is -1.16. The van der Waals surface area contributed by atoms with Gasteiger partial charge in [0.05, 0.1) is 6.61 Å². The van der Waals surface area contributed by atoms with Crippen LogP contribution >= 0.6 is 11.8 Å². The molecular formula is C15H21NO2S. The third-order valence-corrected chi connectivity index (χ3v) is 4.55. The molecule has 0 amide bonds. The molecule has 0 bridgehead atoms. The van der Waals surface area contributed by atoms with Crippen molar-refractivity contribution in [1.82, 2.24) is 0 Å². The van der Waals surface area contributed by atoms with E-state index < -0.39 is 0 Å². The van der Waals surface area contributed by atoms with E-state index in [2.05, 4.69) is 43.3 Å². The topological polar surface area (TPSA) is 30.8 Å². The van der Waals surface area contributed by atoms with Crippen LogP contribution in [0.1, 0.15) is 13.8 Å². The molecule has 4 heteroatoms. The van der Waals surface area contributed by atoms with Crippen molar-refractivity contribution < 1.29 is 9.57 Å². The molecule has 1 heterocycles. The summed E-state index contributed by atoms with van der Waals surface area (Å²) < 4.78 is 5.68. The molecule has 0 spiro atoms. The summed E-state index contributed by atoms with van der Waals surface area (Å²) in [4.78, 5) is 6.18. The summed E-state index contributed by atoms with van der Waals surface area (Å²) in [6.45, 7) is 5.17. The smallest absolute Gasteiger partial charge is 0.229 e. The molecule has 0 radical (unpaired) electrons. The number of nitrogens with zero attached hydrogens (tertiary/aromatic N) is 1. The van der Waals surface area contributed by atoms with E-state index in [0.29, 0.717) is 17.8 Å². The molecular weight excluding hydrogens is 258 g/mol. The highest BCUT2D eigenvalue weighted by Crippen LogP contribution is 2.34. The van der Waals surface area contributed by atoms with Gasteiger partial charge in [-0.05, 0) is 18.1 Å². The summed E-state index contributed by atoms with van der Waals surface area (Å²) in [5.41, 5.74) is 0. The molecule has 0 aromatic heterocycles. The predicted molar refractivity (Wildman–Crippen MR) is 79.4 cm³/mol. The first-order valence-electron chi connectivity index (χ1n) is 6.64. The maximum absolute atomic E-state index is 5.68. The third-order valence-electron chi connectivity index (χ3n) is 3.35. The summed E-state index contributed by atoms with van der Waals surface area (Å²) in [5, 5.41) is 4.02. The molecule has 0 saturated carbocycles. The Labute approximate surface area is 119 Å². The van der Waals surface area contributed by atoms with Crippen LogP contribution < -0.4 is 0 Å². The minimum atomic E-state index is 0.358. The number of rotatable bonds is 5. The van der Waals surface area contributed by atoms with Crippen molar-refractivity contribution in [1.29, 1.82) is 0 Å². The molecule has 0 N–H and O–H groups in total. The second kappa shape index (κ2) is 6.85. The van der Waals surface area contributed by atoms with Crippen LogP contribution in [-0.4, -0.2) is 25.4 Å². The highest BCUT2D eigenvalue weighted by molar-refractivity contribution is 7.99. The molecule has 1 aromatic carbocycles. The minimum Gasteiger partial charge on any atom is -0.478 e. The van der Waals surface area contributed by atoms with E-state index in [1.807, 2.05) is 17.8 Å². The standard InChI is InChI=1S/C15H21NO2S/c1-11(2)14-12(9-18-15(14)16-17-3)10-19-13-7-5-4-6-8-13/h4-8,11-12,14H,9-10H2,1-3H3/b16-15-/t12-,14-/m0/s1. The van der Waals surface area contributed by atoms with Gasteiger partial charge in [0.25, 0.3) is 0 Å². The van der Waals surface area contributed by atoms with Crippen molar-refractivity contribution in [3.8, 4) is 0 Å². The lowest BCUT2D eigenvalue weighted by molar-refractivity contribution is 0.194. The molecule has 3 nitrogen and oxygen atoms in total. The highest BCUT2D eigenvalue weighted by Gasteiger charge is 2.37. The van der Waals surface area contributed by atoms with Gasteiger partial charge in [0.2, 0.25) is 5.90 Å². The molecule has 104 valence electrons. The fourth-order valence-electron chi connectivity index (χ4n) is 2.47. The monoisotopic (exact) mass is 279 g/mol. The zero-order chi connectivity index (χ0) is 13.7. The lowest BCUT2D eigenvalue weighted by atomic mass is 9.86. The number of thioether (sulfide) groups is 1. The molecule has 19 heavy (non-hydrogen) atoms. The van der Waals surface area contributed by atoms with Crippen molar-refractivity contribution in [2.75, 3.05) is 19.5 Å². The van der Waals surface area contributed by atoms with E-state index in [4.69, 9.17) is 9.57 Å². The van der Waals surface area contributed by atoms with Crippen LogP contribution in [0.25, 0.3) is 0 Å². The van der Waals surface area contributed by atoms with E-state index >= 15 is 0 Å². The van der Waals surface area contributed by atoms with Crippen molar-refractivity contribution >= 4 is 17.7 Å². The van der Waals surface area contributed by atoms with Crippen molar-refractivity contribution in [3.63, 3.8) is 0 Å². The number of benzene rings is 1. The molecule has 1 aliphatic rings. The number of oxime groups is 1. The Balaban J connectivity index is 1.98. The van der Waals surface area contributed by atoms with E-state index in [9.17, 15) is 0 Å². The largest absolute Gasteiger partial charge is 0.478 e. The predicted octanol–water partition coefficient (Wildman–Crippen LogP) is 3.66. The molecule has 1 saturated heterocycles. The van der Waals surface area contributed by atoms with E-state index in [1.165, 1.54) is 4.90 Å². The van der Waals surface area contributed by atoms with Crippen LogP contribution in [0.2, 0.25) is 0 Å². The zero-order valence-corrected chi connectivity index (χ0v) is 12.5. The van der Waals surface area contributed by atoms with Crippen LogP contribution in [0.4, 0.5) is 0 Å². The van der Waals surface area contributed by atoms with E-state index in [0.717, 1.165) is 18.3 Å². The van der Waals surface area contributed by atoms with Crippen molar-refractivity contribution in [2.45, 2.75) is 18.7 Å². The van der Waals surface area contributed by atoms with Crippen LogP contribution in [0, 0.1) is 17.8 Å². The highest BCUT2D eigenvalue weighted by atomic mass is 32.2. The maximum Gasteiger partial charge on any atom is 0.229 e. The summed E-state index contributed by atoms with van der Waals surface area (Å²) in [6, 6.07) is 10.5. The van der Waals surface area contributed by atoms with Crippen LogP contribution in [0.5, 0.6) is 0 Å². The first-order chi connectivity index (χ1) is 9.22. The molecule has 2 atom stereocenters. The molecule has 0 aliphatic carbocycles. The summed E-state index contributed by atoms with van der Waals surface area (Å²) >= 11 is 1.88. The molecule has 1 fully saturated rings. The van der Waals surface area contributed by atoms with Gasteiger partial charge in [0.1, 0.15) is 7.11 Å². The second-order valence-electron chi connectivity index (χ2n) is 5.08. The average Bonchev–Trinajstić information content (AvgIpc) is 2.81. The first kappa shape index (κ1) is 14.3. The Morgan fingerprint density at radius 3 is 2.74 bits per heavy atom. The fourth-order valence-corrected chi connectivity index (χ4v) is 3.53. The molecule has 0 unspecified atom stereocenters. The molecule has 1 aromatic rings. The van der Waals surface area contributed by atoms with Gasteiger partial charge in [-0.25, -0.2) is 0 Å². The van der Waals surface area contributed by atoms with Crippen LogP contribution in [0.15, 0.2) is 40.4 Å². The summed E-state index contributed by atoms with van der Waals surface area (Å²) in [7, 11) is 1.57. The van der Waals surface area contributed by atoms with Crippen molar-refractivity contribution in [2.24, 2.45) is 22.9 Å². The van der Waals surface area contributed by atoms with Crippen LogP contribution in [0.3, 0.4) is 0 Å². The Morgan fingerprint density at radius 1 is 1.37 bits per heavy atom. The van der Waals surface area contributed by atoms with Gasteiger partial charge in [-0.2, -0.15) is 0 Å². The second-order valence-corrected chi connectivity index (χ2v) is 6.17. The zero-order valence-electron chi connectivity index (χ0n) is 11.7. The van der Waals surface area contributed by atoms with Gasteiger partial charge in [-0.15, -0.1) is 11.8 Å². The normalized spacial score (nSPS) is 24.7. The quantitative estimate of drug-likeness (QED) is 0.609. The van der Waals surface area contributed by atoms with Gasteiger partial charge in [-0.3, -0.25) is 0 Å². The number of ether oxygens (including phenoxy) is 1. The summed E-state index contributed by atoms with van der Waals surface area (Å²) in [5.74, 6) is 3.18. The van der Waals surface area contributed by atoms with E-state index in [-0.39, 0.29) is 0 Å². The summed E-state index contributed by atoms with van der Waals surface area (Å²) in [6.07, 6.45) is 0. The molecule has 2 rings (SSSR count). The third kappa shape index (κ3) is 3.66. The van der Waals surface area contributed by atoms with Gasteiger partial charge < -0.3 is 9.57 Å². The lowest BCUT2D eigenvalue weighted by Crippen LogP contribution is -2.23.